The van der Waals surface area contributed by atoms with E-state index in [0.717, 1.165) is 0 Å². The standard InChI is InChI=1S/C14H23NS/c1-10-8-13(12(3)16-10)11(2)15-9-14(4)6-5-7-14/h8,11,15H,5-7,9H2,1-4H3. The number of rotatable bonds is 4. The number of nitrogens with one attached hydrogen (secondary N) is 1. The van der Waals surface area contributed by atoms with E-state index in [1.807, 2.05) is 11.3 Å². The Kier molecular flexibility index (Phi) is 3.41. The predicted octanol–water partition coefficient (Wildman–Crippen LogP) is 4.21. The number of hydrogen-bond acceptors (Lipinski definition) is 2. The first kappa shape index (κ1) is 12.1. The lowest BCUT2D eigenvalue weighted by Crippen LogP contribution is -2.38. The molecule has 1 aromatic rings. The average molecular weight is 237 g/mol. The molecule has 0 amide bonds. The van der Waals surface area contributed by atoms with E-state index < -0.39 is 0 Å². The molecule has 1 fully saturated rings. The maximum Gasteiger partial charge on any atom is 0.0303 e. The molecule has 90 valence electrons. The molecule has 1 heterocycles. The van der Waals surface area contributed by atoms with E-state index in [-0.39, 0.29) is 0 Å². The van der Waals surface area contributed by atoms with Crippen LogP contribution in [0, 0.1) is 19.3 Å². The number of thiophene rings is 1. The average Bonchev–Trinajstić information content (AvgIpc) is 2.51. The van der Waals surface area contributed by atoms with Gasteiger partial charge in [0.05, 0.1) is 0 Å². The minimum Gasteiger partial charge on any atom is -0.310 e. The third-order valence-electron chi connectivity index (χ3n) is 3.94. The second kappa shape index (κ2) is 4.50. The van der Waals surface area contributed by atoms with Crippen LogP contribution in [-0.4, -0.2) is 6.54 Å². The van der Waals surface area contributed by atoms with E-state index >= 15 is 0 Å². The van der Waals surface area contributed by atoms with Crippen molar-refractivity contribution in [3.63, 3.8) is 0 Å². The van der Waals surface area contributed by atoms with Crippen molar-refractivity contribution in [2.75, 3.05) is 6.54 Å². The van der Waals surface area contributed by atoms with Gasteiger partial charge in [-0.3, -0.25) is 0 Å². The van der Waals surface area contributed by atoms with Gasteiger partial charge in [-0.25, -0.2) is 0 Å². The molecule has 1 saturated carbocycles. The van der Waals surface area contributed by atoms with Crippen molar-refractivity contribution in [2.24, 2.45) is 5.41 Å². The molecule has 1 aromatic heterocycles. The lowest BCUT2D eigenvalue weighted by Gasteiger charge is -2.39. The molecule has 0 spiro atoms. The third-order valence-corrected chi connectivity index (χ3v) is 4.92. The zero-order valence-electron chi connectivity index (χ0n) is 10.9. The highest BCUT2D eigenvalue weighted by molar-refractivity contribution is 7.12. The Bertz CT molecular complexity index is 363. The van der Waals surface area contributed by atoms with Crippen LogP contribution in [0.5, 0.6) is 0 Å². The van der Waals surface area contributed by atoms with Crippen LogP contribution in [0.4, 0.5) is 0 Å². The summed E-state index contributed by atoms with van der Waals surface area (Å²) in [5, 5.41) is 3.70. The molecule has 0 radical (unpaired) electrons. The summed E-state index contributed by atoms with van der Waals surface area (Å²) in [6, 6.07) is 2.84. The van der Waals surface area contributed by atoms with E-state index in [9.17, 15) is 0 Å². The lowest BCUT2D eigenvalue weighted by molar-refractivity contribution is 0.152. The Hall–Kier alpha value is -0.340. The number of aryl methyl sites for hydroxylation is 2. The van der Waals surface area contributed by atoms with Gasteiger partial charge in [0.1, 0.15) is 0 Å². The van der Waals surface area contributed by atoms with Crippen LogP contribution in [0.3, 0.4) is 0 Å². The Labute approximate surface area is 103 Å². The molecule has 2 rings (SSSR count). The monoisotopic (exact) mass is 237 g/mol. The van der Waals surface area contributed by atoms with Gasteiger partial charge >= 0.3 is 0 Å². The molecule has 1 nitrogen and oxygen atoms in total. The fraction of sp³-hybridized carbons (Fsp3) is 0.714. The smallest absolute Gasteiger partial charge is 0.0303 e. The van der Waals surface area contributed by atoms with Gasteiger partial charge in [-0.05, 0) is 50.7 Å². The molecule has 0 bridgehead atoms. The van der Waals surface area contributed by atoms with Crippen LogP contribution in [0.1, 0.15) is 54.5 Å². The van der Waals surface area contributed by atoms with Gasteiger partial charge < -0.3 is 5.32 Å². The van der Waals surface area contributed by atoms with Crippen molar-refractivity contribution in [3.05, 3.63) is 21.4 Å². The molecule has 0 aliphatic heterocycles. The summed E-state index contributed by atoms with van der Waals surface area (Å²) in [7, 11) is 0. The van der Waals surface area contributed by atoms with Crippen LogP contribution in [0.2, 0.25) is 0 Å². The summed E-state index contributed by atoms with van der Waals surface area (Å²) in [4.78, 5) is 2.90. The van der Waals surface area contributed by atoms with Crippen LogP contribution >= 0.6 is 11.3 Å². The normalized spacial score (nSPS) is 20.5. The number of hydrogen-bond donors (Lipinski definition) is 1. The molecule has 0 aromatic carbocycles. The van der Waals surface area contributed by atoms with Gasteiger partial charge in [0.2, 0.25) is 0 Å². The highest BCUT2D eigenvalue weighted by Crippen LogP contribution is 2.40. The Morgan fingerprint density at radius 2 is 2.12 bits per heavy atom. The van der Waals surface area contributed by atoms with Crippen molar-refractivity contribution in [2.45, 2.75) is 53.0 Å². The van der Waals surface area contributed by atoms with Crippen molar-refractivity contribution >= 4 is 11.3 Å². The topological polar surface area (TPSA) is 12.0 Å². The molecular formula is C14H23NS. The van der Waals surface area contributed by atoms with Gasteiger partial charge in [-0.1, -0.05) is 13.3 Å². The first-order valence-corrected chi connectivity index (χ1v) is 7.12. The molecule has 1 aliphatic carbocycles. The Balaban J connectivity index is 1.92. The van der Waals surface area contributed by atoms with E-state index in [1.54, 1.807) is 0 Å². The second-order valence-electron chi connectivity index (χ2n) is 5.64. The maximum atomic E-state index is 3.70. The lowest BCUT2D eigenvalue weighted by atomic mass is 9.70. The zero-order valence-corrected chi connectivity index (χ0v) is 11.7. The van der Waals surface area contributed by atoms with Crippen molar-refractivity contribution in [3.8, 4) is 0 Å². The van der Waals surface area contributed by atoms with Gasteiger partial charge in [0.15, 0.2) is 0 Å². The second-order valence-corrected chi connectivity index (χ2v) is 7.10. The highest BCUT2D eigenvalue weighted by atomic mass is 32.1. The molecule has 1 unspecified atom stereocenters. The van der Waals surface area contributed by atoms with Crippen LogP contribution in [0.25, 0.3) is 0 Å². The van der Waals surface area contributed by atoms with Gasteiger partial charge in [-0.2, -0.15) is 0 Å². The zero-order chi connectivity index (χ0) is 11.8. The molecule has 1 N–H and O–H groups in total. The fourth-order valence-electron chi connectivity index (χ4n) is 2.55. The van der Waals surface area contributed by atoms with E-state index in [2.05, 4.69) is 39.1 Å². The highest BCUT2D eigenvalue weighted by Gasteiger charge is 2.31. The Morgan fingerprint density at radius 3 is 2.56 bits per heavy atom. The molecule has 16 heavy (non-hydrogen) atoms. The van der Waals surface area contributed by atoms with Gasteiger partial charge in [0.25, 0.3) is 0 Å². The summed E-state index contributed by atoms with van der Waals surface area (Å²) >= 11 is 1.91. The summed E-state index contributed by atoms with van der Waals surface area (Å²) in [5.41, 5.74) is 2.07. The van der Waals surface area contributed by atoms with E-state index in [0.29, 0.717) is 11.5 Å². The van der Waals surface area contributed by atoms with Crippen molar-refractivity contribution < 1.29 is 0 Å². The summed E-state index contributed by atoms with van der Waals surface area (Å²) in [6.07, 6.45) is 4.21. The first-order valence-electron chi connectivity index (χ1n) is 6.30. The minimum atomic E-state index is 0.502. The van der Waals surface area contributed by atoms with Crippen molar-refractivity contribution in [1.29, 1.82) is 0 Å². The quantitative estimate of drug-likeness (QED) is 0.827. The summed E-state index contributed by atoms with van der Waals surface area (Å²) in [5.74, 6) is 0. The molecule has 1 atom stereocenters. The first-order chi connectivity index (χ1) is 7.50. The molecular weight excluding hydrogens is 214 g/mol. The minimum absolute atomic E-state index is 0.502. The molecule has 2 heteroatoms. The fourth-order valence-corrected chi connectivity index (χ4v) is 3.57. The van der Waals surface area contributed by atoms with Crippen LogP contribution in [0.15, 0.2) is 6.07 Å². The van der Waals surface area contributed by atoms with Crippen LogP contribution < -0.4 is 5.32 Å². The van der Waals surface area contributed by atoms with Crippen LogP contribution in [-0.2, 0) is 0 Å². The summed E-state index contributed by atoms with van der Waals surface area (Å²) < 4.78 is 0. The SMILES string of the molecule is Cc1cc(C(C)NCC2(C)CCC2)c(C)s1. The van der Waals surface area contributed by atoms with E-state index in [1.165, 1.54) is 41.1 Å². The third kappa shape index (κ3) is 2.49. The predicted molar refractivity (Wildman–Crippen MR) is 72.2 cm³/mol. The summed E-state index contributed by atoms with van der Waals surface area (Å²) in [6.45, 7) is 10.3. The largest absolute Gasteiger partial charge is 0.310 e. The molecule has 1 aliphatic rings. The van der Waals surface area contributed by atoms with Gasteiger partial charge in [0, 0.05) is 22.3 Å². The van der Waals surface area contributed by atoms with Crippen molar-refractivity contribution in [1.82, 2.24) is 5.32 Å². The van der Waals surface area contributed by atoms with E-state index in [4.69, 9.17) is 0 Å². The maximum absolute atomic E-state index is 3.70. The van der Waals surface area contributed by atoms with Gasteiger partial charge in [-0.15, -0.1) is 11.3 Å². The Morgan fingerprint density at radius 1 is 1.44 bits per heavy atom. The molecule has 0 saturated heterocycles.